The number of hydrogen-bond acceptors (Lipinski definition) is 2. The lowest BCUT2D eigenvalue weighted by Crippen LogP contribution is -2.26. The van der Waals surface area contributed by atoms with Crippen molar-refractivity contribution in [3.05, 3.63) is 0 Å². The van der Waals surface area contributed by atoms with Gasteiger partial charge in [0.1, 0.15) is 0 Å². The Morgan fingerprint density at radius 2 is 2.06 bits per heavy atom. The third-order valence-electron chi connectivity index (χ3n) is 4.49. The third-order valence-corrected chi connectivity index (χ3v) is 5.14. The molecule has 0 amide bonds. The normalized spacial score (nSPS) is 26.3. The Bertz CT molecular complexity index is 213. The van der Waals surface area contributed by atoms with Crippen LogP contribution >= 0.6 is 11.8 Å². The Morgan fingerprint density at radius 3 is 2.56 bits per heavy atom. The van der Waals surface area contributed by atoms with Gasteiger partial charge in [0.05, 0.1) is 5.60 Å². The molecule has 2 atom stereocenters. The fourth-order valence-corrected chi connectivity index (χ4v) is 3.13. The first-order chi connectivity index (χ1) is 8.65. The van der Waals surface area contributed by atoms with Crippen LogP contribution in [0.3, 0.4) is 0 Å². The molecule has 1 nitrogen and oxygen atoms in total. The predicted octanol–water partition coefficient (Wildman–Crippen LogP) is 5.14. The van der Waals surface area contributed by atoms with Crippen LogP contribution in [0.1, 0.15) is 65.7 Å². The SMILES string of the molecule is CCC(C)CCSC.CCC1CCOC2(CC2)C1. The van der Waals surface area contributed by atoms with E-state index in [2.05, 4.69) is 27.0 Å². The molecule has 1 aliphatic carbocycles. The van der Waals surface area contributed by atoms with Gasteiger partial charge in [-0.2, -0.15) is 11.8 Å². The van der Waals surface area contributed by atoms with E-state index in [0.717, 1.165) is 18.4 Å². The summed E-state index contributed by atoms with van der Waals surface area (Å²) in [6, 6.07) is 0. The monoisotopic (exact) mass is 272 g/mol. The summed E-state index contributed by atoms with van der Waals surface area (Å²) >= 11 is 1.95. The quantitative estimate of drug-likeness (QED) is 0.685. The summed E-state index contributed by atoms with van der Waals surface area (Å²) in [5.74, 6) is 3.23. The van der Waals surface area contributed by atoms with E-state index in [0.29, 0.717) is 5.60 Å². The lowest BCUT2D eigenvalue weighted by atomic mass is 9.92. The van der Waals surface area contributed by atoms with Gasteiger partial charge in [-0.3, -0.25) is 0 Å². The molecule has 2 fully saturated rings. The lowest BCUT2D eigenvalue weighted by Gasteiger charge is -2.28. The zero-order valence-electron chi connectivity index (χ0n) is 12.8. The molecule has 1 aliphatic heterocycles. The minimum atomic E-state index is 0.402. The van der Waals surface area contributed by atoms with Crippen molar-refractivity contribution in [3.63, 3.8) is 0 Å². The number of thioether (sulfide) groups is 1. The van der Waals surface area contributed by atoms with Gasteiger partial charge in [0.15, 0.2) is 0 Å². The molecule has 18 heavy (non-hydrogen) atoms. The standard InChI is InChI=1S/C9H16O.C7H16S/c1-2-8-3-6-10-9(7-8)4-5-9;1-4-7(2)5-6-8-3/h8H,2-7H2,1H3;7H,4-6H2,1-3H3. The summed E-state index contributed by atoms with van der Waals surface area (Å²) in [6.07, 6.45) is 11.6. The molecule has 0 aromatic carbocycles. The second kappa shape index (κ2) is 8.47. The van der Waals surface area contributed by atoms with Crippen molar-refractivity contribution in [1.29, 1.82) is 0 Å². The van der Waals surface area contributed by atoms with Crippen LogP contribution in [0.25, 0.3) is 0 Å². The molecule has 2 heteroatoms. The largest absolute Gasteiger partial charge is 0.375 e. The molecule has 2 rings (SSSR count). The Labute approximate surface area is 118 Å². The van der Waals surface area contributed by atoms with Crippen molar-refractivity contribution in [1.82, 2.24) is 0 Å². The van der Waals surface area contributed by atoms with Crippen molar-refractivity contribution in [2.45, 2.75) is 71.3 Å². The third kappa shape index (κ3) is 5.97. The maximum atomic E-state index is 5.71. The average Bonchev–Trinajstić information content (AvgIpc) is 3.15. The van der Waals surface area contributed by atoms with Gasteiger partial charge in [-0.1, -0.05) is 33.6 Å². The molecule has 1 heterocycles. The average molecular weight is 272 g/mol. The molecule has 1 saturated heterocycles. The second-order valence-electron chi connectivity index (χ2n) is 6.09. The number of rotatable bonds is 5. The lowest BCUT2D eigenvalue weighted by molar-refractivity contribution is -0.0286. The highest BCUT2D eigenvalue weighted by atomic mass is 32.2. The zero-order chi connectivity index (χ0) is 13.4. The molecule has 0 aromatic heterocycles. The van der Waals surface area contributed by atoms with Crippen LogP contribution in [0.5, 0.6) is 0 Å². The maximum absolute atomic E-state index is 5.71. The van der Waals surface area contributed by atoms with E-state index < -0.39 is 0 Å². The summed E-state index contributed by atoms with van der Waals surface area (Å²) < 4.78 is 5.71. The van der Waals surface area contributed by atoms with E-state index in [1.54, 1.807) is 0 Å². The van der Waals surface area contributed by atoms with Gasteiger partial charge >= 0.3 is 0 Å². The topological polar surface area (TPSA) is 9.23 Å². The molecule has 0 radical (unpaired) electrons. The van der Waals surface area contributed by atoms with Crippen molar-refractivity contribution in [3.8, 4) is 0 Å². The Kier molecular flexibility index (Phi) is 7.70. The summed E-state index contributed by atoms with van der Waals surface area (Å²) in [5, 5.41) is 0. The van der Waals surface area contributed by atoms with Gasteiger partial charge in [0.2, 0.25) is 0 Å². The van der Waals surface area contributed by atoms with Crippen LogP contribution in [0.2, 0.25) is 0 Å². The summed E-state index contributed by atoms with van der Waals surface area (Å²) in [7, 11) is 0. The highest BCUT2D eigenvalue weighted by Crippen LogP contribution is 2.48. The molecule has 2 aliphatic rings. The first-order valence-electron chi connectivity index (χ1n) is 7.78. The number of hydrogen-bond donors (Lipinski definition) is 0. The fourth-order valence-electron chi connectivity index (χ4n) is 2.49. The number of ether oxygens (including phenoxy) is 1. The Morgan fingerprint density at radius 1 is 1.33 bits per heavy atom. The highest BCUT2D eigenvalue weighted by molar-refractivity contribution is 7.98. The summed E-state index contributed by atoms with van der Waals surface area (Å²) in [4.78, 5) is 0. The van der Waals surface area contributed by atoms with Crippen LogP contribution in [0.4, 0.5) is 0 Å². The first kappa shape index (κ1) is 16.4. The molecule has 0 bridgehead atoms. The molecule has 0 N–H and O–H groups in total. The molecule has 1 saturated carbocycles. The van der Waals surface area contributed by atoms with E-state index in [1.807, 2.05) is 11.8 Å². The zero-order valence-corrected chi connectivity index (χ0v) is 13.7. The van der Waals surface area contributed by atoms with Crippen LogP contribution in [-0.4, -0.2) is 24.2 Å². The van der Waals surface area contributed by atoms with E-state index in [9.17, 15) is 0 Å². The van der Waals surface area contributed by atoms with Gasteiger partial charge in [-0.15, -0.1) is 0 Å². The second-order valence-corrected chi connectivity index (χ2v) is 7.08. The molecular weight excluding hydrogens is 240 g/mol. The van der Waals surface area contributed by atoms with Crippen LogP contribution < -0.4 is 0 Å². The van der Waals surface area contributed by atoms with Crippen LogP contribution in [0, 0.1) is 11.8 Å². The van der Waals surface area contributed by atoms with E-state index in [-0.39, 0.29) is 0 Å². The van der Waals surface area contributed by atoms with Crippen LogP contribution in [-0.2, 0) is 4.74 Å². The van der Waals surface area contributed by atoms with Gasteiger partial charge in [-0.25, -0.2) is 0 Å². The van der Waals surface area contributed by atoms with E-state index in [1.165, 1.54) is 50.7 Å². The van der Waals surface area contributed by atoms with Crippen molar-refractivity contribution in [2.24, 2.45) is 11.8 Å². The van der Waals surface area contributed by atoms with Gasteiger partial charge in [0, 0.05) is 6.61 Å². The van der Waals surface area contributed by atoms with E-state index >= 15 is 0 Å². The Balaban J connectivity index is 0.000000187. The molecule has 1 spiro atoms. The summed E-state index contributed by atoms with van der Waals surface area (Å²) in [6.45, 7) is 7.89. The molecular formula is C16H32OS. The first-order valence-corrected chi connectivity index (χ1v) is 9.18. The van der Waals surface area contributed by atoms with Crippen molar-refractivity contribution in [2.75, 3.05) is 18.6 Å². The van der Waals surface area contributed by atoms with Crippen molar-refractivity contribution < 1.29 is 4.74 Å². The molecule has 2 unspecified atom stereocenters. The fraction of sp³-hybridized carbons (Fsp3) is 1.00. The summed E-state index contributed by atoms with van der Waals surface area (Å²) in [5.41, 5.74) is 0.402. The van der Waals surface area contributed by atoms with Crippen LogP contribution in [0.15, 0.2) is 0 Å². The minimum Gasteiger partial charge on any atom is -0.375 e. The predicted molar refractivity (Wildman–Crippen MR) is 83.4 cm³/mol. The van der Waals surface area contributed by atoms with Gasteiger partial charge < -0.3 is 4.74 Å². The van der Waals surface area contributed by atoms with E-state index in [4.69, 9.17) is 4.74 Å². The highest BCUT2D eigenvalue weighted by Gasteiger charge is 2.47. The maximum Gasteiger partial charge on any atom is 0.0687 e. The molecule has 108 valence electrons. The smallest absolute Gasteiger partial charge is 0.0687 e. The van der Waals surface area contributed by atoms with Gasteiger partial charge in [0.25, 0.3) is 0 Å². The molecule has 0 aromatic rings. The Hall–Kier alpha value is 0.310. The van der Waals surface area contributed by atoms with Gasteiger partial charge in [-0.05, 0) is 55.9 Å². The van der Waals surface area contributed by atoms with Crippen molar-refractivity contribution >= 4 is 11.8 Å². The minimum absolute atomic E-state index is 0.402.